The standard InChI is InChI=1S/C14H17BrN2O2/c1-3-13-14(19)16-6-7-17(13)10-4-5-11(9(2)18)12(15)8-10/h4-5,8,13H,3,6-7H2,1-2H3,(H,16,19). The van der Waals surface area contributed by atoms with Gasteiger partial charge in [-0.3, -0.25) is 9.59 Å². The summed E-state index contributed by atoms with van der Waals surface area (Å²) >= 11 is 3.42. The number of benzene rings is 1. The molecule has 1 heterocycles. The predicted molar refractivity (Wildman–Crippen MR) is 78.6 cm³/mol. The number of Topliss-reactive ketones (excluding diaryl/α,β-unsaturated/α-hetero) is 1. The predicted octanol–water partition coefficient (Wildman–Crippen LogP) is 2.37. The number of hydrogen-bond donors (Lipinski definition) is 1. The van der Waals surface area contributed by atoms with Gasteiger partial charge in [0.2, 0.25) is 5.91 Å². The molecule has 0 aliphatic carbocycles. The Morgan fingerprint density at radius 3 is 2.84 bits per heavy atom. The lowest BCUT2D eigenvalue weighted by molar-refractivity contribution is -0.123. The third kappa shape index (κ3) is 2.81. The van der Waals surface area contributed by atoms with Crippen molar-refractivity contribution in [2.75, 3.05) is 18.0 Å². The minimum absolute atomic E-state index is 0.0295. The maximum absolute atomic E-state index is 11.9. The van der Waals surface area contributed by atoms with E-state index in [0.717, 1.165) is 23.1 Å². The quantitative estimate of drug-likeness (QED) is 0.868. The SMILES string of the molecule is CCC1C(=O)NCCN1c1ccc(C(C)=O)c(Br)c1. The molecule has 1 N–H and O–H groups in total. The van der Waals surface area contributed by atoms with Crippen molar-refractivity contribution in [3.8, 4) is 0 Å². The molecule has 1 aliphatic rings. The topological polar surface area (TPSA) is 49.4 Å². The Morgan fingerprint density at radius 1 is 1.53 bits per heavy atom. The molecule has 0 saturated carbocycles. The number of nitrogens with zero attached hydrogens (tertiary/aromatic N) is 1. The van der Waals surface area contributed by atoms with Gasteiger partial charge < -0.3 is 10.2 Å². The van der Waals surface area contributed by atoms with Crippen LogP contribution < -0.4 is 10.2 Å². The van der Waals surface area contributed by atoms with E-state index in [2.05, 4.69) is 26.1 Å². The monoisotopic (exact) mass is 324 g/mol. The molecule has 1 aromatic carbocycles. The molecule has 5 heteroatoms. The van der Waals surface area contributed by atoms with E-state index in [1.54, 1.807) is 13.0 Å². The van der Waals surface area contributed by atoms with E-state index in [-0.39, 0.29) is 17.7 Å². The summed E-state index contributed by atoms with van der Waals surface area (Å²) in [6.07, 6.45) is 0.762. The summed E-state index contributed by atoms with van der Waals surface area (Å²) in [6.45, 7) is 4.99. The number of nitrogens with one attached hydrogen (secondary N) is 1. The summed E-state index contributed by atoms with van der Waals surface area (Å²) in [4.78, 5) is 25.4. The Labute approximate surface area is 121 Å². The first-order valence-corrected chi connectivity index (χ1v) is 7.18. The number of amides is 1. The van der Waals surface area contributed by atoms with Crippen LogP contribution in [0.15, 0.2) is 22.7 Å². The molecule has 0 bridgehead atoms. The first kappa shape index (κ1) is 14.1. The average Bonchev–Trinajstić information content (AvgIpc) is 2.37. The summed E-state index contributed by atoms with van der Waals surface area (Å²) in [5.41, 5.74) is 1.64. The van der Waals surface area contributed by atoms with E-state index < -0.39 is 0 Å². The number of rotatable bonds is 3. The number of hydrogen-bond acceptors (Lipinski definition) is 3. The molecule has 102 valence electrons. The molecule has 4 nitrogen and oxygen atoms in total. The van der Waals surface area contributed by atoms with Crippen molar-refractivity contribution in [1.29, 1.82) is 0 Å². The molecular formula is C14H17BrN2O2. The third-order valence-electron chi connectivity index (χ3n) is 3.38. The zero-order chi connectivity index (χ0) is 14.0. The Balaban J connectivity index is 2.33. The zero-order valence-corrected chi connectivity index (χ0v) is 12.7. The number of anilines is 1. The van der Waals surface area contributed by atoms with Crippen LogP contribution in [0, 0.1) is 0 Å². The van der Waals surface area contributed by atoms with Crippen molar-refractivity contribution in [2.45, 2.75) is 26.3 Å². The van der Waals surface area contributed by atoms with E-state index in [1.165, 1.54) is 0 Å². The second-order valence-corrected chi connectivity index (χ2v) is 5.48. The summed E-state index contributed by atoms with van der Waals surface area (Å²) in [5.74, 6) is 0.0994. The number of piperazine rings is 1. The highest BCUT2D eigenvalue weighted by atomic mass is 79.9. The van der Waals surface area contributed by atoms with Gasteiger partial charge in [0, 0.05) is 28.8 Å². The van der Waals surface area contributed by atoms with Crippen molar-refractivity contribution < 1.29 is 9.59 Å². The van der Waals surface area contributed by atoms with Crippen LogP contribution in [0.5, 0.6) is 0 Å². The van der Waals surface area contributed by atoms with Crippen LogP contribution in [0.4, 0.5) is 5.69 Å². The zero-order valence-electron chi connectivity index (χ0n) is 11.1. The first-order valence-electron chi connectivity index (χ1n) is 6.39. The fraction of sp³-hybridized carbons (Fsp3) is 0.429. The Kier molecular flexibility index (Phi) is 4.24. The lowest BCUT2D eigenvalue weighted by atomic mass is 10.1. The van der Waals surface area contributed by atoms with Crippen LogP contribution >= 0.6 is 15.9 Å². The second kappa shape index (κ2) is 5.74. The van der Waals surface area contributed by atoms with E-state index in [9.17, 15) is 9.59 Å². The molecule has 0 aromatic heterocycles. The molecule has 2 rings (SSSR count). The number of carbonyl (C=O) groups is 2. The molecule has 19 heavy (non-hydrogen) atoms. The van der Waals surface area contributed by atoms with Crippen molar-refractivity contribution in [1.82, 2.24) is 5.32 Å². The third-order valence-corrected chi connectivity index (χ3v) is 4.04. The Bertz CT molecular complexity index is 516. The summed E-state index contributed by atoms with van der Waals surface area (Å²) in [7, 11) is 0. The minimum Gasteiger partial charge on any atom is -0.358 e. The van der Waals surface area contributed by atoms with E-state index in [1.807, 2.05) is 19.1 Å². The molecule has 1 atom stereocenters. The lowest BCUT2D eigenvalue weighted by Crippen LogP contribution is -2.55. The number of carbonyl (C=O) groups excluding carboxylic acids is 2. The van der Waals surface area contributed by atoms with Gasteiger partial charge in [-0.2, -0.15) is 0 Å². The molecule has 0 radical (unpaired) electrons. The van der Waals surface area contributed by atoms with Crippen LogP contribution in [-0.2, 0) is 4.79 Å². The normalized spacial score (nSPS) is 19.2. The van der Waals surface area contributed by atoms with Gasteiger partial charge in [0.1, 0.15) is 6.04 Å². The Morgan fingerprint density at radius 2 is 2.26 bits per heavy atom. The fourth-order valence-corrected chi connectivity index (χ4v) is 3.04. The molecule has 1 fully saturated rings. The molecule has 1 aliphatic heterocycles. The van der Waals surface area contributed by atoms with E-state index in [4.69, 9.17) is 0 Å². The van der Waals surface area contributed by atoms with Gasteiger partial charge in [0.15, 0.2) is 5.78 Å². The first-order chi connectivity index (χ1) is 9.04. The van der Waals surface area contributed by atoms with Crippen molar-refractivity contribution in [2.24, 2.45) is 0 Å². The van der Waals surface area contributed by atoms with Crippen LogP contribution in [0.1, 0.15) is 30.6 Å². The summed E-state index contributed by atoms with van der Waals surface area (Å²) in [6, 6.07) is 5.49. The maximum atomic E-state index is 11.9. The largest absolute Gasteiger partial charge is 0.358 e. The van der Waals surface area contributed by atoms with Crippen LogP contribution in [0.25, 0.3) is 0 Å². The van der Waals surface area contributed by atoms with Gasteiger partial charge in [-0.1, -0.05) is 6.92 Å². The molecule has 1 saturated heterocycles. The number of halogens is 1. The van der Waals surface area contributed by atoms with E-state index >= 15 is 0 Å². The smallest absolute Gasteiger partial charge is 0.242 e. The van der Waals surface area contributed by atoms with Gasteiger partial charge in [-0.05, 0) is 47.5 Å². The van der Waals surface area contributed by atoms with Gasteiger partial charge >= 0.3 is 0 Å². The summed E-state index contributed by atoms with van der Waals surface area (Å²) in [5, 5.41) is 2.88. The van der Waals surface area contributed by atoms with Gasteiger partial charge in [0.25, 0.3) is 0 Å². The van der Waals surface area contributed by atoms with Gasteiger partial charge in [-0.25, -0.2) is 0 Å². The van der Waals surface area contributed by atoms with Crippen LogP contribution in [0.2, 0.25) is 0 Å². The maximum Gasteiger partial charge on any atom is 0.242 e. The molecule has 1 amide bonds. The highest BCUT2D eigenvalue weighted by Gasteiger charge is 2.28. The van der Waals surface area contributed by atoms with Crippen molar-refractivity contribution in [3.05, 3.63) is 28.2 Å². The highest BCUT2D eigenvalue weighted by molar-refractivity contribution is 9.10. The highest BCUT2D eigenvalue weighted by Crippen LogP contribution is 2.27. The van der Waals surface area contributed by atoms with E-state index in [0.29, 0.717) is 12.1 Å². The van der Waals surface area contributed by atoms with Crippen LogP contribution in [0.3, 0.4) is 0 Å². The van der Waals surface area contributed by atoms with Gasteiger partial charge in [-0.15, -0.1) is 0 Å². The molecular weight excluding hydrogens is 308 g/mol. The Hall–Kier alpha value is -1.36. The molecule has 1 unspecified atom stereocenters. The minimum atomic E-state index is -0.135. The van der Waals surface area contributed by atoms with Crippen molar-refractivity contribution >= 4 is 33.3 Å². The average molecular weight is 325 g/mol. The summed E-state index contributed by atoms with van der Waals surface area (Å²) < 4.78 is 0.776. The van der Waals surface area contributed by atoms with Gasteiger partial charge in [0.05, 0.1) is 0 Å². The lowest BCUT2D eigenvalue weighted by Gasteiger charge is -2.36. The van der Waals surface area contributed by atoms with Crippen LogP contribution in [-0.4, -0.2) is 30.8 Å². The fourth-order valence-electron chi connectivity index (χ4n) is 2.40. The molecule has 1 aromatic rings. The van der Waals surface area contributed by atoms with Crippen molar-refractivity contribution in [3.63, 3.8) is 0 Å². The molecule has 0 spiro atoms. The number of ketones is 1. The second-order valence-electron chi connectivity index (χ2n) is 4.63.